The second-order valence-corrected chi connectivity index (χ2v) is 5.68. The molecule has 1 unspecified atom stereocenters. The third-order valence-electron chi connectivity index (χ3n) is 3.36. The van der Waals surface area contributed by atoms with Gasteiger partial charge in [-0.15, -0.1) is 11.3 Å². The Morgan fingerprint density at radius 2 is 2.05 bits per heavy atom. The van der Waals surface area contributed by atoms with Gasteiger partial charge in [-0.1, -0.05) is 18.2 Å². The van der Waals surface area contributed by atoms with E-state index in [1.807, 2.05) is 41.8 Å². The highest BCUT2D eigenvalue weighted by Gasteiger charge is 2.32. The summed E-state index contributed by atoms with van der Waals surface area (Å²) >= 11 is 1.64. The number of primary amides is 1. The molecule has 1 aromatic heterocycles. The maximum absolute atomic E-state index is 11.9. The van der Waals surface area contributed by atoms with Gasteiger partial charge in [0.1, 0.15) is 11.3 Å². The number of thiophene rings is 1. The Kier molecular flexibility index (Phi) is 4.42. The van der Waals surface area contributed by atoms with Gasteiger partial charge in [0.2, 0.25) is 5.91 Å². The van der Waals surface area contributed by atoms with E-state index >= 15 is 0 Å². The van der Waals surface area contributed by atoms with E-state index < -0.39 is 11.4 Å². The summed E-state index contributed by atoms with van der Waals surface area (Å²) in [5, 5.41) is 5.25. The fraction of sp³-hybridized carbons (Fsp3) is 0.267. The predicted molar refractivity (Wildman–Crippen MR) is 80.7 cm³/mol. The molecule has 0 spiro atoms. The summed E-state index contributed by atoms with van der Waals surface area (Å²) in [5.41, 5.74) is 5.50. The summed E-state index contributed by atoms with van der Waals surface area (Å²) in [5.74, 6) is 0.345. The Labute approximate surface area is 122 Å². The molecule has 1 aromatic carbocycles. The molecule has 0 saturated heterocycles. The van der Waals surface area contributed by atoms with Gasteiger partial charge in [-0.25, -0.2) is 0 Å². The zero-order valence-electron chi connectivity index (χ0n) is 11.6. The second kappa shape index (κ2) is 6.07. The van der Waals surface area contributed by atoms with Crippen molar-refractivity contribution in [2.24, 2.45) is 5.73 Å². The lowest BCUT2D eigenvalue weighted by molar-refractivity contribution is -0.124. The minimum Gasteiger partial charge on any atom is -0.497 e. The average molecular weight is 290 g/mol. The molecule has 0 radical (unpaired) electrons. The Balaban J connectivity index is 2.21. The molecule has 20 heavy (non-hydrogen) atoms. The number of hydrogen-bond donors (Lipinski definition) is 2. The van der Waals surface area contributed by atoms with Crippen molar-refractivity contribution in [1.82, 2.24) is 5.32 Å². The van der Waals surface area contributed by atoms with Gasteiger partial charge in [0, 0.05) is 11.4 Å². The van der Waals surface area contributed by atoms with Crippen molar-refractivity contribution < 1.29 is 9.53 Å². The monoisotopic (exact) mass is 290 g/mol. The number of ether oxygens (including phenoxy) is 1. The maximum atomic E-state index is 11.9. The third kappa shape index (κ3) is 3.00. The zero-order valence-corrected chi connectivity index (χ0v) is 12.4. The Bertz CT molecular complexity index is 566. The number of nitrogens with one attached hydrogen (secondary N) is 1. The number of nitrogens with two attached hydrogens (primary N) is 1. The van der Waals surface area contributed by atoms with E-state index in [0.717, 1.165) is 16.2 Å². The minimum absolute atomic E-state index is 0.403. The standard InChI is InChI=1S/C15H18N2O2S/c1-15(14(16)18,17-10-13-4-3-9-20-13)11-5-7-12(19-2)8-6-11/h3-9,17H,10H2,1-2H3,(H2,16,18). The van der Waals surface area contributed by atoms with Crippen molar-refractivity contribution in [3.8, 4) is 5.75 Å². The third-order valence-corrected chi connectivity index (χ3v) is 4.23. The SMILES string of the molecule is COc1ccc(C(C)(NCc2cccs2)C(N)=O)cc1. The predicted octanol–water partition coefficient (Wildman–Crippen LogP) is 2.25. The summed E-state index contributed by atoms with van der Waals surface area (Å²) < 4.78 is 5.13. The minimum atomic E-state index is -0.906. The topological polar surface area (TPSA) is 64.3 Å². The quantitative estimate of drug-likeness (QED) is 0.857. The first-order valence-electron chi connectivity index (χ1n) is 6.28. The molecular weight excluding hydrogens is 272 g/mol. The van der Waals surface area contributed by atoms with Crippen molar-refractivity contribution in [1.29, 1.82) is 0 Å². The first kappa shape index (κ1) is 14.6. The number of amides is 1. The van der Waals surface area contributed by atoms with Crippen LogP contribution < -0.4 is 15.8 Å². The fourth-order valence-corrected chi connectivity index (χ4v) is 2.58. The Hall–Kier alpha value is -1.85. The molecule has 2 rings (SSSR count). The van der Waals surface area contributed by atoms with Crippen LogP contribution in [0.2, 0.25) is 0 Å². The molecule has 4 nitrogen and oxygen atoms in total. The van der Waals surface area contributed by atoms with Gasteiger partial charge in [-0.2, -0.15) is 0 Å². The number of rotatable bonds is 6. The van der Waals surface area contributed by atoms with Gasteiger partial charge in [-0.05, 0) is 36.1 Å². The van der Waals surface area contributed by atoms with Crippen LogP contribution in [0.5, 0.6) is 5.75 Å². The highest BCUT2D eigenvalue weighted by atomic mass is 32.1. The number of carbonyl (C=O) groups excluding carboxylic acids is 1. The normalized spacial score (nSPS) is 13.7. The van der Waals surface area contributed by atoms with Gasteiger partial charge in [0.15, 0.2) is 0 Å². The smallest absolute Gasteiger partial charge is 0.242 e. The van der Waals surface area contributed by atoms with Crippen molar-refractivity contribution >= 4 is 17.2 Å². The van der Waals surface area contributed by atoms with Crippen LogP contribution in [0.3, 0.4) is 0 Å². The highest BCUT2D eigenvalue weighted by molar-refractivity contribution is 7.09. The first-order chi connectivity index (χ1) is 9.56. The van der Waals surface area contributed by atoms with Crippen molar-refractivity contribution in [3.63, 3.8) is 0 Å². The van der Waals surface area contributed by atoms with Gasteiger partial charge in [0.05, 0.1) is 7.11 Å². The van der Waals surface area contributed by atoms with Gasteiger partial charge < -0.3 is 10.5 Å². The average Bonchev–Trinajstić information content (AvgIpc) is 2.98. The molecule has 1 amide bonds. The Morgan fingerprint density at radius 1 is 1.35 bits per heavy atom. The van der Waals surface area contributed by atoms with E-state index in [0.29, 0.717) is 6.54 Å². The van der Waals surface area contributed by atoms with Crippen LogP contribution in [-0.2, 0) is 16.9 Å². The summed E-state index contributed by atoms with van der Waals surface area (Å²) in [4.78, 5) is 13.0. The van der Waals surface area contributed by atoms with Crippen LogP contribution >= 0.6 is 11.3 Å². The van der Waals surface area contributed by atoms with E-state index in [2.05, 4.69) is 5.32 Å². The number of hydrogen-bond acceptors (Lipinski definition) is 4. The first-order valence-corrected chi connectivity index (χ1v) is 7.16. The molecule has 3 N–H and O–H groups in total. The lowest BCUT2D eigenvalue weighted by Crippen LogP contribution is -2.49. The lowest BCUT2D eigenvalue weighted by atomic mass is 9.91. The molecule has 0 saturated carbocycles. The summed E-state index contributed by atoms with van der Waals surface area (Å²) in [7, 11) is 1.61. The fourth-order valence-electron chi connectivity index (χ4n) is 1.93. The maximum Gasteiger partial charge on any atom is 0.242 e. The largest absolute Gasteiger partial charge is 0.497 e. The lowest BCUT2D eigenvalue weighted by Gasteiger charge is -2.28. The number of methoxy groups -OCH3 is 1. The van der Waals surface area contributed by atoms with E-state index in [1.165, 1.54) is 0 Å². The van der Waals surface area contributed by atoms with Crippen LogP contribution in [0.25, 0.3) is 0 Å². The van der Waals surface area contributed by atoms with Crippen LogP contribution in [0.15, 0.2) is 41.8 Å². The highest BCUT2D eigenvalue weighted by Crippen LogP contribution is 2.24. The molecule has 0 aliphatic carbocycles. The van der Waals surface area contributed by atoms with Crippen LogP contribution in [0.1, 0.15) is 17.4 Å². The van der Waals surface area contributed by atoms with Crippen molar-refractivity contribution in [3.05, 3.63) is 52.2 Å². The van der Waals surface area contributed by atoms with E-state index in [4.69, 9.17) is 10.5 Å². The molecular formula is C15H18N2O2S. The summed E-state index contributed by atoms with van der Waals surface area (Å²) in [6.45, 7) is 2.40. The molecule has 5 heteroatoms. The molecule has 0 aliphatic rings. The van der Waals surface area contributed by atoms with Gasteiger partial charge in [-0.3, -0.25) is 10.1 Å². The second-order valence-electron chi connectivity index (χ2n) is 4.65. The van der Waals surface area contributed by atoms with Crippen LogP contribution in [0.4, 0.5) is 0 Å². The van der Waals surface area contributed by atoms with E-state index in [1.54, 1.807) is 25.4 Å². The molecule has 2 aromatic rings. The zero-order chi connectivity index (χ0) is 14.6. The van der Waals surface area contributed by atoms with Crippen molar-refractivity contribution in [2.45, 2.75) is 19.0 Å². The number of benzene rings is 1. The molecule has 0 fully saturated rings. The van der Waals surface area contributed by atoms with Gasteiger partial charge in [0.25, 0.3) is 0 Å². The van der Waals surface area contributed by atoms with Gasteiger partial charge >= 0.3 is 0 Å². The molecule has 0 aliphatic heterocycles. The molecule has 1 heterocycles. The number of carbonyl (C=O) groups is 1. The molecule has 1 atom stereocenters. The summed E-state index contributed by atoms with van der Waals surface area (Å²) in [6.07, 6.45) is 0. The molecule has 0 bridgehead atoms. The Morgan fingerprint density at radius 3 is 2.55 bits per heavy atom. The van der Waals surface area contributed by atoms with E-state index in [9.17, 15) is 4.79 Å². The van der Waals surface area contributed by atoms with Crippen LogP contribution in [-0.4, -0.2) is 13.0 Å². The summed E-state index contributed by atoms with van der Waals surface area (Å²) in [6, 6.07) is 11.4. The molecule has 106 valence electrons. The van der Waals surface area contributed by atoms with Crippen molar-refractivity contribution in [2.75, 3.05) is 7.11 Å². The van der Waals surface area contributed by atoms with E-state index in [-0.39, 0.29) is 0 Å². The van der Waals surface area contributed by atoms with Crippen LogP contribution in [0, 0.1) is 0 Å².